The van der Waals surface area contributed by atoms with E-state index in [2.05, 4.69) is 5.10 Å². The molecule has 0 saturated carbocycles. The molecule has 5 N–H and O–H groups in total. The van der Waals surface area contributed by atoms with Crippen molar-refractivity contribution in [3.63, 3.8) is 0 Å². The average molecular weight is 178 g/mol. The first-order valence-electron chi connectivity index (χ1n) is 3.82. The summed E-state index contributed by atoms with van der Waals surface area (Å²) in [7, 11) is 0. The Morgan fingerprint density at radius 1 is 1.54 bits per heavy atom. The third kappa shape index (κ3) is 0.900. The fourth-order valence-electron chi connectivity index (χ4n) is 1.38. The molecule has 0 aliphatic carbocycles. The van der Waals surface area contributed by atoms with Crippen LogP contribution in [0.15, 0.2) is 12.3 Å². The van der Waals surface area contributed by atoms with E-state index < -0.39 is 0 Å². The lowest BCUT2D eigenvalue weighted by Gasteiger charge is -2.03. The third-order valence-corrected chi connectivity index (χ3v) is 2.08. The first kappa shape index (κ1) is 7.72. The van der Waals surface area contributed by atoms with E-state index in [-0.39, 0.29) is 5.75 Å². The maximum atomic E-state index is 9.66. The number of nitrogens with two attached hydrogens (primary N) is 2. The van der Waals surface area contributed by atoms with Crippen molar-refractivity contribution >= 4 is 16.6 Å². The summed E-state index contributed by atoms with van der Waals surface area (Å²) in [6.45, 7) is 1.76. The van der Waals surface area contributed by atoms with E-state index in [9.17, 15) is 5.11 Å². The Labute approximate surface area is 74.5 Å². The van der Waals surface area contributed by atoms with Gasteiger partial charge in [0.1, 0.15) is 11.3 Å². The van der Waals surface area contributed by atoms with Gasteiger partial charge >= 0.3 is 0 Å². The monoisotopic (exact) mass is 178 g/mol. The zero-order chi connectivity index (χ0) is 9.59. The maximum Gasteiger partial charge on any atom is 0.146 e. The largest absolute Gasteiger partial charge is 0.505 e. The third-order valence-electron chi connectivity index (χ3n) is 2.08. The fraction of sp³-hybridized carbons (Fsp3) is 0.125. The van der Waals surface area contributed by atoms with E-state index in [1.807, 2.05) is 0 Å². The summed E-state index contributed by atoms with van der Waals surface area (Å²) in [6, 6.07) is 1.69. The number of aryl methyl sites for hydroxylation is 1. The molecule has 1 aromatic heterocycles. The second-order valence-electron chi connectivity index (χ2n) is 2.98. The molecule has 0 spiro atoms. The number of aromatic nitrogens is 2. The van der Waals surface area contributed by atoms with Gasteiger partial charge in [-0.15, -0.1) is 0 Å². The van der Waals surface area contributed by atoms with E-state index in [1.54, 1.807) is 13.0 Å². The minimum Gasteiger partial charge on any atom is -0.505 e. The van der Waals surface area contributed by atoms with Crippen LogP contribution < -0.4 is 11.6 Å². The van der Waals surface area contributed by atoms with Crippen molar-refractivity contribution in [2.24, 2.45) is 0 Å². The van der Waals surface area contributed by atoms with E-state index in [4.69, 9.17) is 11.6 Å². The number of rotatable bonds is 0. The summed E-state index contributed by atoms with van der Waals surface area (Å²) >= 11 is 0. The van der Waals surface area contributed by atoms with Gasteiger partial charge in [0.15, 0.2) is 0 Å². The van der Waals surface area contributed by atoms with Gasteiger partial charge < -0.3 is 16.7 Å². The maximum absolute atomic E-state index is 9.66. The molecular weight excluding hydrogens is 168 g/mol. The number of phenolic OH excluding ortho intramolecular Hbond substituents is 1. The zero-order valence-corrected chi connectivity index (χ0v) is 7.15. The highest BCUT2D eigenvalue weighted by molar-refractivity contribution is 5.95. The molecular formula is C8H10N4O. The Balaban J connectivity index is 3.00. The molecule has 0 atom stereocenters. The quantitative estimate of drug-likeness (QED) is 0.308. The van der Waals surface area contributed by atoms with Crippen molar-refractivity contribution < 1.29 is 5.11 Å². The lowest BCUT2D eigenvalue weighted by molar-refractivity contribution is 0.474. The van der Waals surface area contributed by atoms with Crippen molar-refractivity contribution in [1.29, 1.82) is 0 Å². The van der Waals surface area contributed by atoms with Crippen LogP contribution in [0.25, 0.3) is 10.9 Å². The highest BCUT2D eigenvalue weighted by Gasteiger charge is 2.11. The molecule has 68 valence electrons. The van der Waals surface area contributed by atoms with E-state index >= 15 is 0 Å². The average Bonchev–Trinajstić information content (AvgIpc) is 2.44. The molecule has 5 nitrogen and oxygen atoms in total. The van der Waals surface area contributed by atoms with Crippen LogP contribution >= 0.6 is 0 Å². The zero-order valence-electron chi connectivity index (χ0n) is 7.15. The molecule has 0 unspecified atom stereocenters. The number of hydrogen-bond donors (Lipinski definition) is 3. The Kier molecular flexibility index (Phi) is 1.36. The Morgan fingerprint density at radius 3 is 2.92 bits per heavy atom. The molecule has 0 saturated heterocycles. The molecule has 0 aliphatic heterocycles. The number of nitrogens with zero attached hydrogens (tertiary/aromatic N) is 2. The van der Waals surface area contributed by atoms with Crippen LogP contribution in [0, 0.1) is 6.92 Å². The predicted molar refractivity (Wildman–Crippen MR) is 50.7 cm³/mol. The van der Waals surface area contributed by atoms with Crippen molar-refractivity contribution in [2.45, 2.75) is 6.92 Å². The van der Waals surface area contributed by atoms with E-state index in [0.29, 0.717) is 22.2 Å². The van der Waals surface area contributed by atoms with Gasteiger partial charge in [0.25, 0.3) is 0 Å². The fourth-order valence-corrected chi connectivity index (χ4v) is 1.38. The molecule has 13 heavy (non-hydrogen) atoms. The number of aromatic hydroxyl groups is 1. The lowest BCUT2D eigenvalue weighted by Crippen LogP contribution is -2.09. The molecule has 0 radical (unpaired) electrons. The van der Waals surface area contributed by atoms with Gasteiger partial charge in [-0.25, -0.2) is 0 Å². The van der Waals surface area contributed by atoms with Gasteiger partial charge in [0, 0.05) is 11.1 Å². The number of hydrogen-bond acceptors (Lipinski definition) is 4. The Morgan fingerprint density at radius 2 is 2.23 bits per heavy atom. The highest BCUT2D eigenvalue weighted by Crippen LogP contribution is 2.31. The van der Waals surface area contributed by atoms with Crippen LogP contribution in [0.1, 0.15) is 5.56 Å². The highest BCUT2D eigenvalue weighted by atomic mass is 16.3. The molecule has 2 rings (SSSR count). The first-order valence-corrected chi connectivity index (χ1v) is 3.82. The Hall–Kier alpha value is -1.91. The molecule has 0 aliphatic rings. The normalized spacial score (nSPS) is 10.8. The number of nitrogen functional groups attached to an aromatic ring is 2. The predicted octanol–water partition coefficient (Wildman–Crippen LogP) is 0.346. The number of benzene rings is 1. The van der Waals surface area contributed by atoms with Crippen molar-refractivity contribution in [1.82, 2.24) is 9.89 Å². The first-order chi connectivity index (χ1) is 6.11. The molecule has 5 heteroatoms. The SMILES string of the molecule is Cc1cc(N)c2cnn(N)c2c1O. The van der Waals surface area contributed by atoms with Crippen LogP contribution in [0.4, 0.5) is 5.69 Å². The van der Waals surface area contributed by atoms with E-state index in [0.717, 1.165) is 4.79 Å². The van der Waals surface area contributed by atoms with Gasteiger partial charge in [-0.1, -0.05) is 0 Å². The number of phenols is 1. The molecule has 0 fully saturated rings. The minimum atomic E-state index is 0.129. The lowest BCUT2D eigenvalue weighted by atomic mass is 10.1. The molecule has 0 bridgehead atoms. The number of fused-ring (bicyclic) bond motifs is 1. The van der Waals surface area contributed by atoms with Crippen molar-refractivity contribution in [3.05, 3.63) is 17.8 Å². The topological polar surface area (TPSA) is 90.1 Å². The van der Waals surface area contributed by atoms with Gasteiger partial charge in [-0.3, -0.25) is 0 Å². The van der Waals surface area contributed by atoms with Crippen LogP contribution in [-0.2, 0) is 0 Å². The second-order valence-corrected chi connectivity index (χ2v) is 2.98. The van der Waals surface area contributed by atoms with Crippen molar-refractivity contribution in [2.75, 3.05) is 11.6 Å². The summed E-state index contributed by atoms with van der Waals surface area (Å²) in [6.07, 6.45) is 1.53. The Bertz CT molecular complexity index is 474. The molecule has 2 aromatic rings. The number of anilines is 1. The van der Waals surface area contributed by atoms with Crippen LogP contribution in [0.3, 0.4) is 0 Å². The van der Waals surface area contributed by atoms with Gasteiger partial charge in [0.05, 0.1) is 6.20 Å². The van der Waals surface area contributed by atoms with Gasteiger partial charge in [0.2, 0.25) is 0 Å². The summed E-state index contributed by atoms with van der Waals surface area (Å²) in [4.78, 5) is 1.12. The summed E-state index contributed by atoms with van der Waals surface area (Å²) in [5.74, 6) is 5.63. The van der Waals surface area contributed by atoms with E-state index in [1.165, 1.54) is 6.20 Å². The van der Waals surface area contributed by atoms with Crippen LogP contribution in [0.5, 0.6) is 5.75 Å². The minimum absolute atomic E-state index is 0.129. The van der Waals surface area contributed by atoms with Crippen LogP contribution in [-0.4, -0.2) is 15.0 Å². The smallest absolute Gasteiger partial charge is 0.146 e. The molecule has 1 aromatic carbocycles. The van der Waals surface area contributed by atoms with Crippen molar-refractivity contribution in [3.8, 4) is 5.75 Å². The van der Waals surface area contributed by atoms with Gasteiger partial charge in [-0.05, 0) is 18.6 Å². The summed E-state index contributed by atoms with van der Waals surface area (Å²) < 4.78 is 0. The van der Waals surface area contributed by atoms with Crippen LogP contribution in [0.2, 0.25) is 0 Å². The van der Waals surface area contributed by atoms with Gasteiger partial charge in [-0.2, -0.15) is 9.89 Å². The molecule has 0 amide bonds. The summed E-state index contributed by atoms with van der Waals surface area (Å²) in [5.41, 5.74) is 7.45. The standard InChI is InChI=1S/C8H10N4O/c1-4-2-6(9)5-3-11-12(10)7(5)8(4)13/h2-3,13H,9-10H2,1H3. The summed E-state index contributed by atoms with van der Waals surface area (Å²) in [5, 5.41) is 14.1. The second kappa shape index (κ2) is 2.29. The molecule has 1 heterocycles.